The molecule has 1 aliphatic heterocycles. The average Bonchev–Trinajstić information content (AvgIpc) is 2.76. The van der Waals surface area contributed by atoms with Crippen LogP contribution in [-0.4, -0.2) is 19.4 Å². The number of carbonyl (C=O) groups excluding carboxylic acids is 1. The number of nitrogens with one attached hydrogen (secondary N) is 3. The van der Waals surface area contributed by atoms with Crippen molar-refractivity contribution in [1.29, 1.82) is 0 Å². The molecule has 0 saturated carbocycles. The summed E-state index contributed by atoms with van der Waals surface area (Å²) in [7, 11) is -3.40. The molecule has 0 aliphatic carbocycles. The van der Waals surface area contributed by atoms with Gasteiger partial charge < -0.3 is 10.6 Å². The zero-order valence-electron chi connectivity index (χ0n) is 11.1. The minimum absolute atomic E-state index is 0.142. The lowest BCUT2D eigenvalue weighted by molar-refractivity contribution is 0.262. The zero-order valence-corrected chi connectivity index (χ0v) is 13.5. The summed E-state index contributed by atoms with van der Waals surface area (Å²) >= 11 is 3.33. The third kappa shape index (κ3) is 3.04. The van der Waals surface area contributed by atoms with Crippen molar-refractivity contribution in [3.05, 3.63) is 46.7 Å². The SMILES string of the molecule is O=C(Nc1ccccc1Br)Nc1cncc2c1NS(=O)(=O)C2. The maximum atomic E-state index is 12.0. The van der Waals surface area contributed by atoms with Crippen LogP contribution < -0.4 is 15.4 Å². The van der Waals surface area contributed by atoms with Crippen molar-refractivity contribution in [2.24, 2.45) is 0 Å². The Bertz CT molecular complexity index is 854. The first-order chi connectivity index (χ1) is 10.4. The maximum absolute atomic E-state index is 12.0. The molecule has 1 aliphatic rings. The first-order valence-electron chi connectivity index (χ1n) is 6.24. The Morgan fingerprint density at radius 2 is 1.91 bits per heavy atom. The monoisotopic (exact) mass is 382 g/mol. The summed E-state index contributed by atoms with van der Waals surface area (Å²) in [5, 5.41) is 5.26. The van der Waals surface area contributed by atoms with Gasteiger partial charge in [-0.2, -0.15) is 0 Å². The molecule has 3 N–H and O–H groups in total. The molecule has 1 aromatic heterocycles. The van der Waals surface area contributed by atoms with Crippen LogP contribution in [0.5, 0.6) is 0 Å². The number of aromatic nitrogens is 1. The molecule has 0 radical (unpaired) electrons. The van der Waals surface area contributed by atoms with Crippen molar-refractivity contribution in [2.45, 2.75) is 5.75 Å². The smallest absolute Gasteiger partial charge is 0.307 e. The fraction of sp³-hybridized carbons (Fsp3) is 0.0769. The molecule has 22 heavy (non-hydrogen) atoms. The molecule has 0 bridgehead atoms. The first kappa shape index (κ1) is 14.8. The van der Waals surface area contributed by atoms with Gasteiger partial charge in [0.25, 0.3) is 0 Å². The molecule has 0 atom stereocenters. The summed E-state index contributed by atoms with van der Waals surface area (Å²) in [4.78, 5) is 16.0. The highest BCUT2D eigenvalue weighted by Crippen LogP contribution is 2.33. The van der Waals surface area contributed by atoms with Gasteiger partial charge in [0.1, 0.15) is 0 Å². The number of fused-ring (bicyclic) bond motifs is 1. The van der Waals surface area contributed by atoms with Crippen molar-refractivity contribution in [2.75, 3.05) is 15.4 Å². The molecule has 2 heterocycles. The number of rotatable bonds is 2. The van der Waals surface area contributed by atoms with Gasteiger partial charge in [-0.1, -0.05) is 12.1 Å². The van der Waals surface area contributed by atoms with E-state index in [9.17, 15) is 13.2 Å². The van der Waals surface area contributed by atoms with Crippen molar-refractivity contribution >= 4 is 49.0 Å². The first-order valence-corrected chi connectivity index (χ1v) is 8.69. The standard InChI is InChI=1S/C13H11BrN4O3S/c14-9-3-1-2-4-10(9)16-13(19)17-11-6-15-5-8-7-22(20,21)18-12(8)11/h1-6,18H,7H2,(H2,16,17,19). The molecule has 0 unspecified atom stereocenters. The number of carbonyl (C=O) groups is 1. The van der Waals surface area contributed by atoms with E-state index in [1.807, 2.05) is 6.07 Å². The van der Waals surface area contributed by atoms with Crippen LogP contribution in [0.1, 0.15) is 5.56 Å². The minimum Gasteiger partial charge on any atom is -0.307 e. The summed E-state index contributed by atoms with van der Waals surface area (Å²) in [6, 6.07) is 6.66. The topological polar surface area (TPSA) is 100 Å². The van der Waals surface area contributed by atoms with E-state index in [0.29, 0.717) is 22.6 Å². The molecule has 0 fully saturated rings. The number of urea groups is 1. The number of pyridine rings is 1. The van der Waals surface area contributed by atoms with Crippen molar-refractivity contribution < 1.29 is 13.2 Å². The summed E-state index contributed by atoms with van der Waals surface area (Å²) < 4.78 is 26.3. The van der Waals surface area contributed by atoms with Gasteiger partial charge >= 0.3 is 6.03 Å². The Hall–Kier alpha value is -2.13. The van der Waals surface area contributed by atoms with Crippen LogP contribution in [0.25, 0.3) is 0 Å². The van der Waals surface area contributed by atoms with Crippen LogP contribution in [-0.2, 0) is 15.8 Å². The number of amides is 2. The van der Waals surface area contributed by atoms with Crippen molar-refractivity contribution in [1.82, 2.24) is 4.98 Å². The molecule has 2 amide bonds. The molecule has 7 nitrogen and oxygen atoms in total. The van der Waals surface area contributed by atoms with Gasteiger partial charge in [-0.15, -0.1) is 0 Å². The number of anilines is 3. The molecule has 114 valence electrons. The number of benzene rings is 1. The molecule has 0 saturated heterocycles. The van der Waals surface area contributed by atoms with Crippen LogP contribution in [0.3, 0.4) is 0 Å². The molecule has 9 heteroatoms. The number of halogens is 1. The Balaban J connectivity index is 1.79. The van der Waals surface area contributed by atoms with E-state index < -0.39 is 16.1 Å². The summed E-state index contributed by atoms with van der Waals surface area (Å²) in [6.07, 6.45) is 2.86. The zero-order chi connectivity index (χ0) is 15.7. The summed E-state index contributed by atoms with van der Waals surface area (Å²) in [5.74, 6) is -0.142. The molecule has 0 spiro atoms. The third-order valence-corrected chi connectivity index (χ3v) is 4.90. The van der Waals surface area contributed by atoms with Crippen LogP contribution in [0, 0.1) is 0 Å². The number of para-hydroxylation sites is 1. The van der Waals surface area contributed by atoms with Crippen LogP contribution in [0.15, 0.2) is 41.1 Å². The molecule has 3 rings (SSSR count). The predicted octanol–water partition coefficient (Wildman–Crippen LogP) is 2.74. The van der Waals surface area contributed by atoms with Crippen LogP contribution >= 0.6 is 15.9 Å². The highest BCUT2D eigenvalue weighted by Gasteiger charge is 2.26. The second-order valence-electron chi connectivity index (χ2n) is 4.64. The fourth-order valence-corrected chi connectivity index (χ4v) is 3.70. The Labute approximate surface area is 135 Å². The van der Waals surface area contributed by atoms with E-state index in [1.165, 1.54) is 12.4 Å². The summed E-state index contributed by atoms with van der Waals surface area (Å²) in [6.45, 7) is 0. The highest BCUT2D eigenvalue weighted by atomic mass is 79.9. The van der Waals surface area contributed by atoms with Crippen LogP contribution in [0.2, 0.25) is 0 Å². The number of hydrogen-bond donors (Lipinski definition) is 3. The van der Waals surface area contributed by atoms with Gasteiger partial charge in [-0.25, -0.2) is 13.2 Å². The fourth-order valence-electron chi connectivity index (χ4n) is 2.06. The summed E-state index contributed by atoms with van der Waals surface area (Å²) in [5.41, 5.74) is 1.79. The Morgan fingerprint density at radius 1 is 1.18 bits per heavy atom. The number of sulfonamides is 1. The Kier molecular flexibility index (Phi) is 3.75. The maximum Gasteiger partial charge on any atom is 0.323 e. The van der Waals surface area contributed by atoms with Gasteiger partial charge in [0, 0.05) is 16.2 Å². The second-order valence-corrected chi connectivity index (χ2v) is 7.22. The van der Waals surface area contributed by atoms with Gasteiger partial charge in [-0.05, 0) is 28.1 Å². The normalized spacial score (nSPS) is 14.8. The highest BCUT2D eigenvalue weighted by molar-refractivity contribution is 9.10. The van der Waals surface area contributed by atoms with Crippen LogP contribution in [0.4, 0.5) is 21.9 Å². The van der Waals surface area contributed by atoms with E-state index in [4.69, 9.17) is 0 Å². The number of nitrogens with zero attached hydrogens (tertiary/aromatic N) is 1. The largest absolute Gasteiger partial charge is 0.323 e. The molecular weight excluding hydrogens is 372 g/mol. The second kappa shape index (κ2) is 5.58. The third-order valence-electron chi connectivity index (χ3n) is 3.00. The van der Waals surface area contributed by atoms with E-state index in [0.717, 1.165) is 4.47 Å². The molecule has 1 aromatic carbocycles. The van der Waals surface area contributed by atoms with Gasteiger partial charge in [0.2, 0.25) is 10.0 Å². The lowest BCUT2D eigenvalue weighted by atomic mass is 10.2. The van der Waals surface area contributed by atoms with E-state index in [2.05, 4.69) is 36.3 Å². The van der Waals surface area contributed by atoms with Crippen molar-refractivity contribution in [3.63, 3.8) is 0 Å². The lowest BCUT2D eigenvalue weighted by Crippen LogP contribution is -2.20. The van der Waals surface area contributed by atoms with E-state index >= 15 is 0 Å². The molecular formula is C13H11BrN4O3S. The predicted molar refractivity (Wildman–Crippen MR) is 87.3 cm³/mol. The van der Waals surface area contributed by atoms with Gasteiger partial charge in [0.15, 0.2) is 0 Å². The Morgan fingerprint density at radius 3 is 2.68 bits per heavy atom. The van der Waals surface area contributed by atoms with E-state index in [1.54, 1.807) is 18.2 Å². The quantitative estimate of drug-likeness (QED) is 0.743. The lowest BCUT2D eigenvalue weighted by Gasteiger charge is -2.11. The minimum atomic E-state index is -3.40. The van der Waals surface area contributed by atoms with Gasteiger partial charge in [-0.3, -0.25) is 9.71 Å². The van der Waals surface area contributed by atoms with Crippen molar-refractivity contribution in [3.8, 4) is 0 Å². The molecule has 2 aromatic rings. The van der Waals surface area contributed by atoms with E-state index in [-0.39, 0.29) is 5.75 Å². The average molecular weight is 383 g/mol. The number of hydrogen-bond acceptors (Lipinski definition) is 4. The van der Waals surface area contributed by atoms with Gasteiger partial charge in [0.05, 0.1) is 29.0 Å².